The molecule has 0 bridgehead atoms. The Morgan fingerprint density at radius 1 is 1.20 bits per heavy atom. The molecule has 0 amide bonds. The van der Waals surface area contributed by atoms with E-state index >= 15 is 0 Å². The number of thiazole rings is 1. The second kappa shape index (κ2) is 6.53. The quantitative estimate of drug-likeness (QED) is 0.488. The predicted octanol–water partition coefficient (Wildman–Crippen LogP) is 4.76. The van der Waals surface area contributed by atoms with Crippen LogP contribution in [0.4, 0.5) is 0 Å². The fourth-order valence-electron chi connectivity index (χ4n) is 2.85. The van der Waals surface area contributed by atoms with Gasteiger partial charge in [0.25, 0.3) is 0 Å². The number of aryl methyl sites for hydroxylation is 1. The highest BCUT2D eigenvalue weighted by molar-refractivity contribution is 7.15. The van der Waals surface area contributed by atoms with E-state index in [0.29, 0.717) is 18.0 Å². The highest BCUT2D eigenvalue weighted by Gasteiger charge is 2.16. The molecule has 0 saturated heterocycles. The molecule has 0 aliphatic heterocycles. The van der Waals surface area contributed by atoms with Crippen molar-refractivity contribution in [3.63, 3.8) is 0 Å². The number of hydrogen-bond acceptors (Lipinski definition) is 4. The van der Waals surface area contributed by atoms with Crippen molar-refractivity contribution in [2.45, 2.75) is 13.5 Å². The first-order valence-corrected chi connectivity index (χ1v) is 8.82. The van der Waals surface area contributed by atoms with Gasteiger partial charge >= 0.3 is 0 Å². The normalized spacial score (nSPS) is 10.9. The molecule has 0 atom stereocenters. The Kier molecular flexibility index (Phi) is 4.07. The van der Waals surface area contributed by atoms with Crippen LogP contribution in [0.25, 0.3) is 16.2 Å². The van der Waals surface area contributed by atoms with Crippen LogP contribution >= 0.6 is 11.3 Å². The second-order valence-corrected chi connectivity index (χ2v) is 6.64. The highest BCUT2D eigenvalue weighted by Crippen LogP contribution is 2.30. The zero-order valence-corrected chi connectivity index (χ0v) is 14.5. The summed E-state index contributed by atoms with van der Waals surface area (Å²) in [6.07, 6.45) is 2.73. The third kappa shape index (κ3) is 2.94. The van der Waals surface area contributed by atoms with Gasteiger partial charge in [-0.15, -0.1) is 11.3 Å². The Morgan fingerprint density at radius 3 is 2.80 bits per heavy atom. The number of fused-ring (bicyclic) bond motifs is 1. The van der Waals surface area contributed by atoms with Crippen LogP contribution in [-0.2, 0) is 6.61 Å². The van der Waals surface area contributed by atoms with Crippen molar-refractivity contribution in [2.24, 2.45) is 0 Å². The summed E-state index contributed by atoms with van der Waals surface area (Å²) in [6.45, 7) is 2.53. The van der Waals surface area contributed by atoms with Gasteiger partial charge in [0.05, 0.1) is 0 Å². The number of carbonyl (C=O) groups is 1. The SMILES string of the molecule is Cc1cc(OCc2ccccc2)ccc1-c1nc2sccn2c1C=O. The van der Waals surface area contributed by atoms with Gasteiger partial charge in [0, 0.05) is 17.1 Å². The highest BCUT2D eigenvalue weighted by atomic mass is 32.1. The number of benzene rings is 2. The average Bonchev–Trinajstić information content (AvgIpc) is 3.21. The van der Waals surface area contributed by atoms with E-state index in [0.717, 1.165) is 33.7 Å². The van der Waals surface area contributed by atoms with Crippen LogP contribution in [0.2, 0.25) is 0 Å². The molecular weight excluding hydrogens is 332 g/mol. The van der Waals surface area contributed by atoms with Crippen LogP contribution < -0.4 is 4.74 Å². The molecule has 0 fully saturated rings. The van der Waals surface area contributed by atoms with Crippen LogP contribution in [0, 0.1) is 6.92 Å². The standard InChI is InChI=1S/C20H16N2O2S/c1-14-11-16(24-13-15-5-3-2-4-6-15)7-8-17(14)19-18(12-23)22-9-10-25-20(22)21-19/h2-12H,13H2,1H3. The first-order valence-electron chi connectivity index (χ1n) is 7.95. The molecule has 4 rings (SSSR count). The number of rotatable bonds is 5. The Morgan fingerprint density at radius 2 is 2.04 bits per heavy atom. The number of imidazole rings is 1. The van der Waals surface area contributed by atoms with Crippen molar-refractivity contribution < 1.29 is 9.53 Å². The van der Waals surface area contributed by atoms with Crippen molar-refractivity contribution in [1.82, 2.24) is 9.38 Å². The fourth-order valence-corrected chi connectivity index (χ4v) is 3.57. The molecule has 2 aromatic carbocycles. The number of hydrogen-bond donors (Lipinski definition) is 0. The first-order chi connectivity index (χ1) is 12.3. The smallest absolute Gasteiger partial charge is 0.194 e. The minimum Gasteiger partial charge on any atom is -0.489 e. The molecule has 2 heterocycles. The third-order valence-corrected chi connectivity index (χ3v) is 4.87. The molecule has 4 aromatic rings. The summed E-state index contributed by atoms with van der Waals surface area (Å²) in [5.41, 5.74) is 4.40. The van der Waals surface area contributed by atoms with E-state index in [1.807, 2.05) is 71.4 Å². The summed E-state index contributed by atoms with van der Waals surface area (Å²) in [6, 6.07) is 15.9. The van der Waals surface area contributed by atoms with E-state index in [4.69, 9.17) is 4.74 Å². The number of nitrogens with zero attached hydrogens (tertiary/aromatic N) is 2. The van der Waals surface area contributed by atoms with Gasteiger partial charge in [0.15, 0.2) is 11.2 Å². The van der Waals surface area contributed by atoms with Gasteiger partial charge in [-0.3, -0.25) is 9.20 Å². The maximum Gasteiger partial charge on any atom is 0.194 e. The predicted molar refractivity (Wildman–Crippen MR) is 99.4 cm³/mol. The molecule has 0 radical (unpaired) electrons. The van der Waals surface area contributed by atoms with Gasteiger partial charge in [-0.1, -0.05) is 30.3 Å². The first kappa shape index (κ1) is 15.6. The lowest BCUT2D eigenvalue weighted by Gasteiger charge is -2.10. The number of ether oxygens (including phenoxy) is 1. The van der Waals surface area contributed by atoms with Crippen molar-refractivity contribution >= 4 is 22.6 Å². The van der Waals surface area contributed by atoms with Gasteiger partial charge in [-0.05, 0) is 36.2 Å². The lowest BCUT2D eigenvalue weighted by Crippen LogP contribution is -1.96. The minimum absolute atomic E-state index is 0.527. The molecule has 0 saturated carbocycles. The van der Waals surface area contributed by atoms with Crippen LogP contribution in [0.5, 0.6) is 5.75 Å². The van der Waals surface area contributed by atoms with Crippen LogP contribution in [-0.4, -0.2) is 15.7 Å². The average molecular weight is 348 g/mol. The summed E-state index contributed by atoms with van der Waals surface area (Å²) in [5, 5.41) is 1.92. The molecule has 25 heavy (non-hydrogen) atoms. The van der Waals surface area contributed by atoms with E-state index in [2.05, 4.69) is 4.98 Å². The lowest BCUT2D eigenvalue weighted by molar-refractivity contribution is 0.111. The van der Waals surface area contributed by atoms with Crippen LogP contribution in [0.1, 0.15) is 21.6 Å². The third-order valence-electron chi connectivity index (χ3n) is 4.11. The van der Waals surface area contributed by atoms with E-state index in [-0.39, 0.29) is 0 Å². The largest absolute Gasteiger partial charge is 0.489 e. The molecule has 0 N–H and O–H groups in total. The topological polar surface area (TPSA) is 43.6 Å². The Bertz CT molecular complexity index is 1030. The summed E-state index contributed by atoms with van der Waals surface area (Å²) < 4.78 is 7.70. The molecule has 5 heteroatoms. The summed E-state index contributed by atoms with van der Waals surface area (Å²) in [7, 11) is 0. The van der Waals surface area contributed by atoms with E-state index in [1.54, 1.807) is 0 Å². The van der Waals surface area contributed by atoms with Gasteiger partial charge in [0.1, 0.15) is 23.7 Å². The Hall–Kier alpha value is -2.92. The molecule has 2 aromatic heterocycles. The van der Waals surface area contributed by atoms with Crippen molar-refractivity contribution in [2.75, 3.05) is 0 Å². The molecular formula is C20H16N2O2S. The Balaban J connectivity index is 1.63. The zero-order valence-electron chi connectivity index (χ0n) is 13.7. The van der Waals surface area contributed by atoms with E-state index < -0.39 is 0 Å². The Labute approximate surface area is 149 Å². The molecule has 4 nitrogen and oxygen atoms in total. The van der Waals surface area contributed by atoms with Gasteiger partial charge < -0.3 is 4.74 Å². The number of aldehydes is 1. The summed E-state index contributed by atoms with van der Waals surface area (Å²) in [4.78, 5) is 17.0. The summed E-state index contributed by atoms with van der Waals surface area (Å²) in [5.74, 6) is 0.804. The fraction of sp³-hybridized carbons (Fsp3) is 0.100. The molecule has 124 valence electrons. The van der Waals surface area contributed by atoms with Crippen molar-refractivity contribution in [3.8, 4) is 17.0 Å². The maximum atomic E-state index is 11.5. The monoisotopic (exact) mass is 348 g/mol. The van der Waals surface area contributed by atoms with E-state index in [9.17, 15) is 4.79 Å². The minimum atomic E-state index is 0.527. The van der Waals surface area contributed by atoms with Gasteiger partial charge in [-0.2, -0.15) is 0 Å². The van der Waals surface area contributed by atoms with E-state index in [1.165, 1.54) is 11.3 Å². The van der Waals surface area contributed by atoms with Crippen LogP contribution in [0.15, 0.2) is 60.1 Å². The maximum absolute atomic E-state index is 11.5. The zero-order chi connectivity index (χ0) is 17.2. The molecule has 0 unspecified atom stereocenters. The van der Waals surface area contributed by atoms with Crippen molar-refractivity contribution in [1.29, 1.82) is 0 Å². The van der Waals surface area contributed by atoms with Gasteiger partial charge in [-0.25, -0.2) is 4.98 Å². The van der Waals surface area contributed by atoms with Crippen LogP contribution in [0.3, 0.4) is 0 Å². The van der Waals surface area contributed by atoms with Crippen molar-refractivity contribution in [3.05, 3.63) is 76.9 Å². The molecule has 0 aliphatic rings. The molecule has 0 aliphatic carbocycles. The lowest BCUT2D eigenvalue weighted by atomic mass is 10.0. The summed E-state index contributed by atoms with van der Waals surface area (Å²) >= 11 is 1.52. The second-order valence-electron chi connectivity index (χ2n) is 5.77. The number of aromatic nitrogens is 2. The molecule has 0 spiro atoms. The number of carbonyl (C=O) groups excluding carboxylic acids is 1. The van der Waals surface area contributed by atoms with Gasteiger partial charge in [0.2, 0.25) is 0 Å².